The maximum absolute atomic E-state index is 6.30. The highest BCUT2D eigenvalue weighted by Gasteiger charge is 2.17. The highest BCUT2D eigenvalue weighted by Crippen LogP contribution is 2.29. The number of anilines is 1. The second-order valence-corrected chi connectivity index (χ2v) is 7.68. The smallest absolute Gasteiger partial charge is 0.152 e. The molecule has 0 unspecified atom stereocenters. The number of unbranched alkanes of at least 4 members (excludes halogenated alkanes) is 1. The molecule has 0 bridgehead atoms. The average Bonchev–Trinajstić information content (AvgIpc) is 3.17. The van der Waals surface area contributed by atoms with Crippen LogP contribution < -0.4 is 5.73 Å². The molecule has 2 aromatic carbocycles. The minimum absolute atomic E-state index is 0.496. The van der Waals surface area contributed by atoms with Gasteiger partial charge in [0, 0.05) is 18.4 Å². The van der Waals surface area contributed by atoms with Crippen LogP contribution in [0.4, 0.5) is 5.82 Å². The fourth-order valence-corrected chi connectivity index (χ4v) is 4.06. The first kappa shape index (κ1) is 20.8. The molecule has 0 radical (unpaired) electrons. The Morgan fingerprint density at radius 2 is 1.81 bits per heavy atom. The zero-order valence-corrected chi connectivity index (χ0v) is 18.2. The van der Waals surface area contributed by atoms with Crippen LogP contribution in [0, 0.1) is 0 Å². The van der Waals surface area contributed by atoms with E-state index in [1.54, 1.807) is 7.11 Å². The van der Waals surface area contributed by atoms with Crippen molar-refractivity contribution in [2.24, 2.45) is 5.16 Å². The largest absolute Gasteiger partial charge is 0.399 e. The normalized spacial score (nSPS) is 12.0. The van der Waals surface area contributed by atoms with E-state index in [4.69, 9.17) is 15.6 Å². The number of hydrogen-bond donors (Lipinski definition) is 1. The quantitative estimate of drug-likeness (QED) is 0.296. The van der Waals surface area contributed by atoms with E-state index in [-0.39, 0.29) is 0 Å². The molecule has 0 atom stereocenters. The third-order valence-electron chi connectivity index (χ3n) is 5.55. The van der Waals surface area contributed by atoms with E-state index < -0.39 is 0 Å². The highest BCUT2D eigenvalue weighted by molar-refractivity contribution is 6.06. The average molecular weight is 416 g/mol. The monoisotopic (exact) mass is 415 g/mol. The number of oxime groups is 1. The maximum atomic E-state index is 6.30. The third kappa shape index (κ3) is 4.38. The first-order valence-corrected chi connectivity index (χ1v) is 10.9. The molecular formula is C25H29N5O. The number of imidazole rings is 1. The second-order valence-electron chi connectivity index (χ2n) is 7.68. The van der Waals surface area contributed by atoms with Crippen molar-refractivity contribution in [2.45, 2.75) is 45.6 Å². The van der Waals surface area contributed by atoms with E-state index in [9.17, 15) is 0 Å². The van der Waals surface area contributed by atoms with Crippen LogP contribution in [-0.4, -0.2) is 27.4 Å². The van der Waals surface area contributed by atoms with Gasteiger partial charge in [-0.15, -0.1) is 0 Å². The Hall–Kier alpha value is -3.41. The lowest BCUT2D eigenvalue weighted by molar-refractivity contribution is 0.212. The molecule has 6 heteroatoms. The lowest BCUT2D eigenvalue weighted by Gasteiger charge is -2.12. The number of rotatable bonds is 9. The molecule has 0 aliphatic carbocycles. The van der Waals surface area contributed by atoms with Gasteiger partial charge in [0.1, 0.15) is 18.5 Å². The third-order valence-corrected chi connectivity index (χ3v) is 5.55. The number of nitrogen functional groups attached to an aromatic ring is 1. The molecule has 4 rings (SSSR count). The molecule has 160 valence electrons. The molecule has 0 spiro atoms. The van der Waals surface area contributed by atoms with Gasteiger partial charge in [0.25, 0.3) is 0 Å². The summed E-state index contributed by atoms with van der Waals surface area (Å²) in [6.07, 6.45) is 4.86. The van der Waals surface area contributed by atoms with Crippen molar-refractivity contribution < 1.29 is 4.84 Å². The Morgan fingerprint density at radius 3 is 2.58 bits per heavy atom. The molecular weight excluding hydrogens is 386 g/mol. The molecule has 0 saturated carbocycles. The van der Waals surface area contributed by atoms with Crippen LogP contribution in [0.2, 0.25) is 0 Å². The van der Waals surface area contributed by atoms with E-state index in [1.807, 2.05) is 36.4 Å². The first-order chi connectivity index (χ1) is 15.2. The summed E-state index contributed by atoms with van der Waals surface area (Å²) >= 11 is 0. The van der Waals surface area contributed by atoms with Crippen molar-refractivity contribution in [1.29, 1.82) is 0 Å². The van der Waals surface area contributed by atoms with Crippen molar-refractivity contribution in [3.05, 3.63) is 66.0 Å². The van der Waals surface area contributed by atoms with Gasteiger partial charge in [-0.3, -0.25) is 0 Å². The van der Waals surface area contributed by atoms with Gasteiger partial charge in [-0.25, -0.2) is 9.97 Å². The van der Waals surface area contributed by atoms with Crippen LogP contribution in [0.15, 0.2) is 59.8 Å². The minimum Gasteiger partial charge on any atom is -0.399 e. The maximum Gasteiger partial charge on any atom is 0.152 e. The molecule has 0 fully saturated rings. The summed E-state index contributed by atoms with van der Waals surface area (Å²) in [7, 11) is 1.59. The predicted octanol–water partition coefficient (Wildman–Crippen LogP) is 5.34. The van der Waals surface area contributed by atoms with Crippen molar-refractivity contribution in [3.8, 4) is 0 Å². The number of benzene rings is 2. The number of hydrogen-bond acceptors (Lipinski definition) is 5. The van der Waals surface area contributed by atoms with E-state index in [0.717, 1.165) is 77.7 Å². The zero-order chi connectivity index (χ0) is 21.6. The standard InChI is InChI=1S/C25H29N5O/c1-3-4-16-22-28-23-24(19-13-8-9-14-21(19)27-25(23)26)30(22)17-10-15-20(29-31-2)18-11-6-5-7-12-18/h5-9,11-14H,3-4,10,15-17H2,1-2H3,(H2,26,27). The van der Waals surface area contributed by atoms with Crippen molar-refractivity contribution in [3.63, 3.8) is 0 Å². The second kappa shape index (κ2) is 9.60. The summed E-state index contributed by atoms with van der Waals surface area (Å²) in [4.78, 5) is 14.6. The number of aryl methyl sites for hydroxylation is 2. The molecule has 4 aromatic rings. The fourth-order valence-electron chi connectivity index (χ4n) is 4.06. The molecule has 2 aromatic heterocycles. The number of para-hydroxylation sites is 1. The van der Waals surface area contributed by atoms with Crippen molar-refractivity contribution in [1.82, 2.24) is 14.5 Å². The van der Waals surface area contributed by atoms with Gasteiger partial charge in [0.2, 0.25) is 0 Å². The van der Waals surface area contributed by atoms with Gasteiger partial charge < -0.3 is 15.1 Å². The number of aromatic nitrogens is 3. The Morgan fingerprint density at radius 1 is 1.03 bits per heavy atom. The predicted molar refractivity (Wildman–Crippen MR) is 127 cm³/mol. The summed E-state index contributed by atoms with van der Waals surface area (Å²) in [6.45, 7) is 3.03. The molecule has 2 heterocycles. The molecule has 31 heavy (non-hydrogen) atoms. The topological polar surface area (TPSA) is 78.3 Å². The number of nitrogens with two attached hydrogens (primary N) is 1. The summed E-state index contributed by atoms with van der Waals surface area (Å²) in [5.74, 6) is 1.57. The van der Waals surface area contributed by atoms with E-state index >= 15 is 0 Å². The first-order valence-electron chi connectivity index (χ1n) is 10.9. The van der Waals surface area contributed by atoms with Crippen LogP contribution in [0.5, 0.6) is 0 Å². The molecule has 0 amide bonds. The Bertz CT molecular complexity index is 1200. The van der Waals surface area contributed by atoms with Gasteiger partial charge in [-0.05, 0) is 30.9 Å². The number of fused-ring (bicyclic) bond motifs is 3. The summed E-state index contributed by atoms with van der Waals surface area (Å²) in [6, 6.07) is 18.3. The summed E-state index contributed by atoms with van der Waals surface area (Å²) in [5.41, 5.74) is 11.1. The van der Waals surface area contributed by atoms with Crippen molar-refractivity contribution >= 4 is 33.5 Å². The number of nitrogens with zero attached hydrogens (tertiary/aromatic N) is 4. The lowest BCUT2D eigenvalue weighted by atomic mass is 10.1. The van der Waals surface area contributed by atoms with Gasteiger partial charge in [0.15, 0.2) is 5.82 Å². The molecule has 0 saturated heterocycles. The van der Waals surface area contributed by atoms with E-state index in [1.165, 1.54) is 0 Å². The van der Waals surface area contributed by atoms with Gasteiger partial charge in [-0.2, -0.15) is 0 Å². The molecule has 0 aliphatic rings. The van der Waals surface area contributed by atoms with Crippen molar-refractivity contribution in [2.75, 3.05) is 12.8 Å². The van der Waals surface area contributed by atoms with Crippen LogP contribution in [0.3, 0.4) is 0 Å². The molecule has 2 N–H and O–H groups in total. The lowest BCUT2D eigenvalue weighted by Crippen LogP contribution is -2.08. The van der Waals surface area contributed by atoms with Crippen LogP contribution in [0.25, 0.3) is 21.9 Å². The Balaban J connectivity index is 1.69. The molecule has 6 nitrogen and oxygen atoms in total. The minimum atomic E-state index is 0.496. The SMILES string of the molecule is CCCCc1nc2c(N)nc3ccccc3c2n1CCCC(=NOC)c1ccccc1. The summed E-state index contributed by atoms with van der Waals surface area (Å²) in [5, 5.41) is 5.37. The van der Waals surface area contributed by atoms with E-state index in [2.05, 4.69) is 39.8 Å². The molecule has 0 aliphatic heterocycles. The van der Waals surface area contributed by atoms with Crippen LogP contribution >= 0.6 is 0 Å². The zero-order valence-electron chi connectivity index (χ0n) is 18.2. The van der Waals surface area contributed by atoms with Crippen LogP contribution in [0.1, 0.15) is 44.0 Å². The van der Waals surface area contributed by atoms with Gasteiger partial charge in [0.05, 0.1) is 16.7 Å². The Labute approximate surface area is 182 Å². The summed E-state index contributed by atoms with van der Waals surface area (Å²) < 4.78 is 2.33. The Kier molecular flexibility index (Phi) is 6.46. The van der Waals surface area contributed by atoms with Crippen LogP contribution in [-0.2, 0) is 17.8 Å². The van der Waals surface area contributed by atoms with Gasteiger partial charge in [-0.1, -0.05) is 67.0 Å². The fraction of sp³-hybridized carbons (Fsp3) is 0.320. The van der Waals surface area contributed by atoms with Gasteiger partial charge >= 0.3 is 0 Å². The van der Waals surface area contributed by atoms with E-state index in [0.29, 0.717) is 5.82 Å². The highest BCUT2D eigenvalue weighted by atomic mass is 16.6. The number of pyridine rings is 1.